The van der Waals surface area contributed by atoms with Gasteiger partial charge in [-0.3, -0.25) is 9.59 Å². The fraction of sp³-hybridized carbons (Fsp3) is 0.467. The molecule has 1 unspecified atom stereocenters. The molecule has 9 heteroatoms. The number of carbonyl (C=O) groups excluding carboxylic acids is 2. The Morgan fingerprint density at radius 1 is 0.974 bits per heavy atom. The Hall–Kier alpha value is -2.42. The lowest BCUT2D eigenvalue weighted by Crippen LogP contribution is -2.47. The number of methoxy groups -OCH3 is 1. The number of piperazine rings is 1. The molecule has 2 aliphatic rings. The number of nitrogens with one attached hydrogen (secondary N) is 2. The van der Waals surface area contributed by atoms with E-state index in [1.54, 1.807) is 31.4 Å². The third-order valence-electron chi connectivity index (χ3n) is 7.73. The molecule has 1 heterocycles. The van der Waals surface area contributed by atoms with Crippen molar-refractivity contribution in [2.24, 2.45) is 0 Å². The number of nitrogens with zero attached hydrogens (tertiary/aromatic N) is 2. The Bertz CT molecular complexity index is 1180. The van der Waals surface area contributed by atoms with E-state index in [1.165, 1.54) is 0 Å². The van der Waals surface area contributed by atoms with Gasteiger partial charge in [-0.25, -0.2) is 4.84 Å². The number of ether oxygens (including phenoxy) is 1. The largest absolute Gasteiger partial charge is 0.497 e. The molecule has 210 valence electrons. The van der Waals surface area contributed by atoms with E-state index in [4.69, 9.17) is 28.1 Å². The van der Waals surface area contributed by atoms with Crippen LogP contribution in [0.4, 0.5) is 0 Å². The predicted molar refractivity (Wildman–Crippen MR) is 158 cm³/mol. The van der Waals surface area contributed by atoms with Gasteiger partial charge in [0.25, 0.3) is 0 Å². The number of Topliss-reactive ketones (excluding diaryl/α,β-unsaturated/α-hetero) is 1. The molecule has 1 fully saturated rings. The Labute approximate surface area is 241 Å². The number of fused-ring (bicyclic) bond motifs is 1. The summed E-state index contributed by atoms with van der Waals surface area (Å²) in [5, 5.41) is 3.69. The summed E-state index contributed by atoms with van der Waals surface area (Å²) in [7, 11) is 1.62. The van der Waals surface area contributed by atoms with Crippen molar-refractivity contribution in [3.8, 4) is 5.75 Å². The summed E-state index contributed by atoms with van der Waals surface area (Å²) in [5.41, 5.74) is 3.97. The third-order valence-corrected chi connectivity index (χ3v) is 8.17. The topological polar surface area (TPSA) is 73.9 Å². The van der Waals surface area contributed by atoms with E-state index in [0.29, 0.717) is 34.9 Å². The van der Waals surface area contributed by atoms with Crippen LogP contribution in [0.2, 0.25) is 5.02 Å². The van der Waals surface area contributed by atoms with Crippen LogP contribution in [-0.4, -0.2) is 81.0 Å². The van der Waals surface area contributed by atoms with E-state index in [2.05, 4.69) is 20.0 Å². The Balaban J connectivity index is 1.32. The third kappa shape index (κ3) is 7.62. The normalized spacial score (nSPS) is 17.8. The van der Waals surface area contributed by atoms with Crippen LogP contribution in [0, 0.1) is 0 Å². The number of rotatable bonds is 13. The first kappa shape index (κ1) is 29.6. The Morgan fingerprint density at radius 3 is 2.23 bits per heavy atom. The maximum absolute atomic E-state index is 13.5. The molecule has 0 radical (unpaired) electrons. The Kier molecular flexibility index (Phi) is 10.8. The van der Waals surface area contributed by atoms with Gasteiger partial charge in [-0.05, 0) is 92.2 Å². The lowest BCUT2D eigenvalue weighted by Gasteiger charge is -2.34. The molecule has 2 aromatic rings. The van der Waals surface area contributed by atoms with E-state index >= 15 is 0 Å². The van der Waals surface area contributed by atoms with Gasteiger partial charge in [-0.1, -0.05) is 23.2 Å². The molecular formula is C30H38Cl2N4O3. The van der Waals surface area contributed by atoms with Gasteiger partial charge in [-0.2, -0.15) is 0 Å². The quantitative estimate of drug-likeness (QED) is 0.205. The van der Waals surface area contributed by atoms with Gasteiger partial charge in [0.05, 0.1) is 7.11 Å². The highest BCUT2D eigenvalue weighted by Crippen LogP contribution is 2.46. The van der Waals surface area contributed by atoms with Crippen molar-refractivity contribution >= 4 is 40.6 Å². The van der Waals surface area contributed by atoms with Crippen molar-refractivity contribution in [3.05, 3.63) is 69.8 Å². The standard InChI is InChI=1S/C30H38Cl2N4O3/c1-21-26(20-28(37)33-11-3-13-35-15-17-36(18-16-35)14-4-12-34-32)27-19-24(39-2)9-10-25(27)29(21)30(38)22-5-7-23(31)8-6-22/h5-10,19,26,34H,3-4,11-18,20H2,1-2H3,(H,33,37). The fourth-order valence-electron chi connectivity index (χ4n) is 5.51. The minimum absolute atomic E-state index is 0.00830. The number of hydrogen-bond donors (Lipinski definition) is 2. The van der Waals surface area contributed by atoms with E-state index in [0.717, 1.165) is 75.4 Å². The molecule has 1 aliphatic carbocycles. The number of amides is 1. The van der Waals surface area contributed by atoms with Gasteiger partial charge in [-0.15, -0.1) is 0 Å². The molecule has 7 nitrogen and oxygen atoms in total. The van der Waals surface area contributed by atoms with Crippen LogP contribution in [0.1, 0.15) is 53.6 Å². The summed E-state index contributed by atoms with van der Waals surface area (Å²) >= 11 is 11.6. The molecule has 1 saturated heterocycles. The van der Waals surface area contributed by atoms with Crippen LogP contribution in [0.15, 0.2) is 48.0 Å². The molecule has 1 amide bonds. The van der Waals surface area contributed by atoms with Gasteiger partial charge in [0.15, 0.2) is 5.78 Å². The highest BCUT2D eigenvalue weighted by molar-refractivity contribution is 6.32. The molecule has 2 N–H and O–H groups in total. The van der Waals surface area contributed by atoms with E-state index in [-0.39, 0.29) is 17.6 Å². The van der Waals surface area contributed by atoms with Crippen LogP contribution in [-0.2, 0) is 4.79 Å². The van der Waals surface area contributed by atoms with Crippen LogP contribution in [0.5, 0.6) is 5.75 Å². The van der Waals surface area contributed by atoms with Crippen LogP contribution in [0.3, 0.4) is 0 Å². The second-order valence-electron chi connectivity index (χ2n) is 10.2. The first-order chi connectivity index (χ1) is 18.9. The molecule has 1 aliphatic heterocycles. The zero-order chi connectivity index (χ0) is 27.8. The molecule has 39 heavy (non-hydrogen) atoms. The highest BCUT2D eigenvalue weighted by Gasteiger charge is 2.34. The molecule has 1 atom stereocenters. The maximum atomic E-state index is 13.5. The van der Waals surface area contributed by atoms with Crippen molar-refractivity contribution in [2.45, 2.75) is 32.1 Å². The van der Waals surface area contributed by atoms with E-state index in [9.17, 15) is 9.59 Å². The lowest BCUT2D eigenvalue weighted by atomic mass is 9.92. The van der Waals surface area contributed by atoms with Gasteiger partial charge in [0.2, 0.25) is 5.91 Å². The van der Waals surface area contributed by atoms with Crippen molar-refractivity contribution in [3.63, 3.8) is 0 Å². The first-order valence-corrected chi connectivity index (χ1v) is 14.4. The predicted octanol–water partition coefficient (Wildman–Crippen LogP) is 4.75. The lowest BCUT2D eigenvalue weighted by molar-refractivity contribution is -0.121. The van der Waals surface area contributed by atoms with E-state index < -0.39 is 0 Å². The summed E-state index contributed by atoms with van der Waals surface area (Å²) in [5.74, 6) is 0.465. The highest BCUT2D eigenvalue weighted by atomic mass is 35.5. The average molecular weight is 574 g/mol. The summed E-state index contributed by atoms with van der Waals surface area (Å²) in [4.78, 5) is 34.1. The van der Waals surface area contributed by atoms with Crippen LogP contribution < -0.4 is 14.9 Å². The van der Waals surface area contributed by atoms with Gasteiger partial charge < -0.3 is 19.9 Å². The summed E-state index contributed by atoms with van der Waals surface area (Å²) in [6.07, 6.45) is 2.25. The monoisotopic (exact) mass is 572 g/mol. The molecular weight excluding hydrogens is 535 g/mol. The summed E-state index contributed by atoms with van der Waals surface area (Å²) < 4.78 is 5.46. The minimum atomic E-state index is -0.177. The SMILES string of the molecule is COc1ccc2c(c1)C(CC(=O)NCCCN1CCN(CCCNCl)CC1)C(C)=C2C(=O)c1ccc(Cl)cc1. The van der Waals surface area contributed by atoms with Crippen molar-refractivity contribution < 1.29 is 14.3 Å². The summed E-state index contributed by atoms with van der Waals surface area (Å²) in [6, 6.07) is 12.7. The maximum Gasteiger partial charge on any atom is 0.220 e. The zero-order valence-corrected chi connectivity index (χ0v) is 24.3. The number of ketones is 1. The number of halogens is 2. The van der Waals surface area contributed by atoms with Gasteiger partial charge >= 0.3 is 0 Å². The Morgan fingerprint density at radius 2 is 1.62 bits per heavy atom. The molecule has 0 bridgehead atoms. The van der Waals surface area contributed by atoms with Gasteiger partial charge in [0.1, 0.15) is 5.75 Å². The van der Waals surface area contributed by atoms with E-state index in [1.807, 2.05) is 25.1 Å². The average Bonchev–Trinajstić information content (AvgIpc) is 3.22. The number of allylic oxidation sites excluding steroid dienone is 2. The molecule has 0 spiro atoms. The van der Waals surface area contributed by atoms with Crippen molar-refractivity contribution in [1.82, 2.24) is 20.0 Å². The molecule has 2 aromatic carbocycles. The molecule has 0 aromatic heterocycles. The molecule has 4 rings (SSSR count). The number of hydrogen-bond acceptors (Lipinski definition) is 6. The number of carbonyl (C=O) groups is 2. The van der Waals surface area contributed by atoms with Crippen molar-refractivity contribution in [2.75, 3.05) is 59.5 Å². The second kappa shape index (κ2) is 14.3. The fourth-order valence-corrected chi connectivity index (χ4v) is 5.77. The second-order valence-corrected chi connectivity index (χ2v) is 10.9. The minimum Gasteiger partial charge on any atom is -0.497 e. The van der Waals surface area contributed by atoms with Crippen LogP contribution >= 0.6 is 23.4 Å². The molecule has 0 saturated carbocycles. The smallest absolute Gasteiger partial charge is 0.220 e. The van der Waals surface area contributed by atoms with Crippen molar-refractivity contribution in [1.29, 1.82) is 0 Å². The van der Waals surface area contributed by atoms with Gasteiger partial charge in [0, 0.05) is 67.8 Å². The first-order valence-electron chi connectivity index (χ1n) is 13.7. The van der Waals surface area contributed by atoms with Crippen LogP contribution in [0.25, 0.3) is 5.57 Å². The number of benzene rings is 2. The summed E-state index contributed by atoms with van der Waals surface area (Å²) in [6.45, 7) is 9.71. The zero-order valence-electron chi connectivity index (χ0n) is 22.8.